The molecule has 0 amide bonds. The number of nitrogens with one attached hydrogen (secondary N) is 1. The number of nitrogens with zero attached hydrogens (tertiary/aromatic N) is 6. The van der Waals surface area contributed by atoms with Gasteiger partial charge in [-0.15, -0.1) is 0 Å². The van der Waals surface area contributed by atoms with Gasteiger partial charge in [0.1, 0.15) is 5.56 Å². The van der Waals surface area contributed by atoms with Crippen LogP contribution in [-0.2, 0) is 6.54 Å². The van der Waals surface area contributed by atoms with Gasteiger partial charge in [0.2, 0.25) is 0 Å². The van der Waals surface area contributed by atoms with Gasteiger partial charge in [0.25, 0.3) is 0 Å². The van der Waals surface area contributed by atoms with Crippen molar-refractivity contribution in [2.75, 3.05) is 5.32 Å². The summed E-state index contributed by atoms with van der Waals surface area (Å²) in [7, 11) is 0. The lowest BCUT2D eigenvalue weighted by Crippen LogP contribution is -2.48. The molecule has 10 rings (SSSR count). The normalized spacial score (nSPS) is 23.7. The molecule has 6 aromatic rings. The SMILES string of the molecule is Cc1c(-c2ccn3c(-c4ccc(Nc5nc6ccccc6s5)cn4)cnc3c2C(=O)O)cnn1CC12CC3CC(CC(C3)C1)C2. The van der Waals surface area contributed by atoms with Gasteiger partial charge < -0.3 is 10.4 Å². The molecule has 2 N–H and O–H groups in total. The maximum absolute atomic E-state index is 12.7. The largest absolute Gasteiger partial charge is 0.478 e. The molecule has 9 nitrogen and oxygen atoms in total. The zero-order chi connectivity index (χ0) is 30.3. The van der Waals surface area contributed by atoms with Crippen LogP contribution in [0.25, 0.3) is 38.4 Å². The number of para-hydroxylation sites is 1. The van der Waals surface area contributed by atoms with Gasteiger partial charge in [0, 0.05) is 29.6 Å². The first-order chi connectivity index (χ1) is 21.9. The zero-order valence-corrected chi connectivity index (χ0v) is 25.8. The Morgan fingerprint density at radius 3 is 2.47 bits per heavy atom. The van der Waals surface area contributed by atoms with Crippen molar-refractivity contribution in [3.05, 3.63) is 78.5 Å². The van der Waals surface area contributed by atoms with E-state index >= 15 is 0 Å². The van der Waals surface area contributed by atoms with E-state index in [1.807, 2.05) is 53.2 Å². The monoisotopic (exact) mass is 615 g/mol. The summed E-state index contributed by atoms with van der Waals surface area (Å²) in [5, 5.41) is 19.4. The van der Waals surface area contributed by atoms with E-state index in [0.717, 1.165) is 62.3 Å². The average Bonchev–Trinajstić information content (AvgIpc) is 3.73. The first-order valence-electron chi connectivity index (χ1n) is 15.8. The Balaban J connectivity index is 1.01. The third kappa shape index (κ3) is 4.45. The fourth-order valence-corrected chi connectivity index (χ4v) is 9.90. The van der Waals surface area contributed by atoms with Crippen LogP contribution in [0.5, 0.6) is 0 Å². The maximum atomic E-state index is 12.7. The highest BCUT2D eigenvalue weighted by atomic mass is 32.1. The molecule has 45 heavy (non-hydrogen) atoms. The van der Waals surface area contributed by atoms with Gasteiger partial charge >= 0.3 is 5.97 Å². The van der Waals surface area contributed by atoms with Gasteiger partial charge in [-0.1, -0.05) is 23.5 Å². The molecular weight excluding hydrogens is 582 g/mol. The number of anilines is 2. The van der Waals surface area contributed by atoms with Crippen LogP contribution in [0.3, 0.4) is 0 Å². The van der Waals surface area contributed by atoms with Crippen molar-refractivity contribution >= 4 is 44.0 Å². The average molecular weight is 616 g/mol. The van der Waals surface area contributed by atoms with E-state index in [9.17, 15) is 9.90 Å². The van der Waals surface area contributed by atoms with Gasteiger partial charge in [-0.3, -0.25) is 14.1 Å². The molecule has 4 saturated carbocycles. The summed E-state index contributed by atoms with van der Waals surface area (Å²) < 4.78 is 5.07. The number of hydrogen-bond acceptors (Lipinski definition) is 7. The number of carboxylic acids is 1. The van der Waals surface area contributed by atoms with Crippen LogP contribution in [0, 0.1) is 30.1 Å². The number of imidazole rings is 1. The number of carbonyl (C=O) groups is 1. The molecule has 4 aliphatic rings. The second-order valence-corrected chi connectivity index (χ2v) is 14.5. The first-order valence-corrected chi connectivity index (χ1v) is 16.6. The number of pyridine rings is 2. The second kappa shape index (κ2) is 9.97. The summed E-state index contributed by atoms with van der Waals surface area (Å²) in [6.45, 7) is 3.00. The predicted octanol–water partition coefficient (Wildman–Crippen LogP) is 7.84. The zero-order valence-electron chi connectivity index (χ0n) is 25.0. The summed E-state index contributed by atoms with van der Waals surface area (Å²) in [5.74, 6) is 1.62. The van der Waals surface area contributed by atoms with Crippen molar-refractivity contribution in [1.82, 2.24) is 29.1 Å². The van der Waals surface area contributed by atoms with E-state index in [0.29, 0.717) is 22.3 Å². The third-order valence-corrected chi connectivity index (χ3v) is 11.5. The molecule has 0 spiro atoms. The minimum Gasteiger partial charge on any atom is -0.478 e. The number of aromatic carboxylic acids is 1. The van der Waals surface area contributed by atoms with Crippen LogP contribution < -0.4 is 5.32 Å². The van der Waals surface area contributed by atoms with Crippen LogP contribution in [0.4, 0.5) is 10.8 Å². The van der Waals surface area contributed by atoms with E-state index in [1.54, 1.807) is 23.7 Å². The third-order valence-electron chi connectivity index (χ3n) is 10.5. The highest BCUT2D eigenvalue weighted by Crippen LogP contribution is 2.60. The second-order valence-electron chi connectivity index (χ2n) is 13.5. The molecule has 1 aromatic carbocycles. The van der Waals surface area contributed by atoms with Crippen LogP contribution in [0.15, 0.2) is 67.3 Å². The van der Waals surface area contributed by atoms with E-state index < -0.39 is 5.97 Å². The summed E-state index contributed by atoms with van der Waals surface area (Å²) in [6.07, 6.45) is 15.4. The van der Waals surface area contributed by atoms with Gasteiger partial charge in [-0.25, -0.2) is 14.8 Å². The minimum atomic E-state index is -1.01. The lowest BCUT2D eigenvalue weighted by Gasteiger charge is -2.56. The maximum Gasteiger partial charge on any atom is 0.340 e. The van der Waals surface area contributed by atoms with Crippen molar-refractivity contribution in [2.24, 2.45) is 23.2 Å². The Bertz CT molecular complexity index is 2040. The van der Waals surface area contributed by atoms with Crippen molar-refractivity contribution in [3.63, 3.8) is 0 Å². The summed E-state index contributed by atoms with van der Waals surface area (Å²) in [5.41, 5.74) is 6.62. The quantitative estimate of drug-likeness (QED) is 0.188. The lowest BCUT2D eigenvalue weighted by atomic mass is 9.49. The number of thiazole rings is 1. The standard InChI is InChI=1S/C35H33N7O2S/c1-20-26(17-38-42(20)19-35-13-21-10-22(14-35)12-23(11-21)15-35)25-8-9-41-29(18-37-32(41)31(25)33(43)44)27-7-6-24(16-36-27)39-34-40-28-4-2-3-5-30(28)45-34/h2-9,16-18,21-23H,10-15,19H2,1H3,(H,39,40)(H,43,44). The van der Waals surface area contributed by atoms with E-state index in [4.69, 9.17) is 5.10 Å². The molecule has 0 unspecified atom stereocenters. The minimum absolute atomic E-state index is 0.176. The van der Waals surface area contributed by atoms with E-state index in [2.05, 4.69) is 37.9 Å². The van der Waals surface area contributed by atoms with Crippen LogP contribution in [-0.4, -0.2) is 40.2 Å². The molecule has 4 aliphatic carbocycles. The number of rotatable bonds is 7. The predicted molar refractivity (Wildman–Crippen MR) is 175 cm³/mol. The fourth-order valence-electron chi connectivity index (χ4n) is 9.01. The first kappa shape index (κ1) is 26.8. The molecule has 10 heteroatoms. The molecule has 0 atom stereocenters. The van der Waals surface area contributed by atoms with Gasteiger partial charge in [-0.2, -0.15) is 5.10 Å². The Kier molecular flexibility index (Phi) is 5.94. The topological polar surface area (TPSA) is 110 Å². The van der Waals surface area contributed by atoms with Crippen LogP contribution in [0.2, 0.25) is 0 Å². The van der Waals surface area contributed by atoms with Gasteiger partial charge in [-0.05, 0) is 98.9 Å². The highest BCUT2D eigenvalue weighted by molar-refractivity contribution is 7.22. The molecule has 4 fully saturated rings. The molecule has 4 bridgehead atoms. The van der Waals surface area contributed by atoms with Crippen LogP contribution in [0.1, 0.15) is 54.6 Å². The highest BCUT2D eigenvalue weighted by Gasteiger charge is 2.51. The molecular formula is C35H33N7O2S. The molecule has 5 heterocycles. The number of fused-ring (bicyclic) bond motifs is 2. The van der Waals surface area contributed by atoms with Crippen molar-refractivity contribution in [3.8, 4) is 22.5 Å². The van der Waals surface area contributed by atoms with E-state index in [-0.39, 0.29) is 5.56 Å². The van der Waals surface area contributed by atoms with E-state index in [1.165, 1.54) is 38.5 Å². The fraction of sp³-hybridized carbons (Fsp3) is 0.343. The smallest absolute Gasteiger partial charge is 0.340 e. The Hall–Kier alpha value is -4.57. The Morgan fingerprint density at radius 2 is 1.76 bits per heavy atom. The van der Waals surface area contributed by atoms with Crippen LogP contribution >= 0.6 is 11.3 Å². The summed E-state index contributed by atoms with van der Waals surface area (Å²) in [4.78, 5) is 26.7. The summed E-state index contributed by atoms with van der Waals surface area (Å²) >= 11 is 1.59. The molecule has 0 aliphatic heterocycles. The number of carboxylic acid groups (broad SMARTS) is 1. The number of aromatic nitrogens is 6. The summed E-state index contributed by atoms with van der Waals surface area (Å²) in [6, 6.07) is 13.8. The molecule has 5 aromatic heterocycles. The van der Waals surface area contributed by atoms with Crippen molar-refractivity contribution in [1.29, 1.82) is 0 Å². The van der Waals surface area contributed by atoms with Gasteiger partial charge in [0.15, 0.2) is 10.8 Å². The Morgan fingerprint density at radius 1 is 0.978 bits per heavy atom. The Labute approximate surface area is 264 Å². The molecule has 0 saturated heterocycles. The van der Waals surface area contributed by atoms with Crippen molar-refractivity contribution in [2.45, 2.75) is 52.0 Å². The lowest BCUT2D eigenvalue weighted by molar-refractivity contribution is -0.0638. The number of hydrogen-bond donors (Lipinski definition) is 2. The van der Waals surface area contributed by atoms with Gasteiger partial charge in [0.05, 0.1) is 45.9 Å². The molecule has 226 valence electrons. The number of benzene rings is 1. The molecule has 0 radical (unpaired) electrons. The van der Waals surface area contributed by atoms with Crippen molar-refractivity contribution < 1.29 is 9.90 Å².